The molecule has 27 heavy (non-hydrogen) atoms. The Hall–Kier alpha value is -2.70. The Morgan fingerprint density at radius 2 is 1.85 bits per heavy atom. The van der Waals surface area contributed by atoms with E-state index in [1.165, 1.54) is 0 Å². The minimum absolute atomic E-state index is 0.244. The molecule has 0 atom stereocenters. The molecule has 0 aliphatic rings. The van der Waals surface area contributed by atoms with Gasteiger partial charge in [0.15, 0.2) is 10.4 Å². The summed E-state index contributed by atoms with van der Waals surface area (Å²) in [5.41, 5.74) is 4.11. The van der Waals surface area contributed by atoms with E-state index < -0.39 is 0 Å². The lowest BCUT2D eigenvalue weighted by Gasteiger charge is -2.05. The number of rotatable bonds is 5. The van der Waals surface area contributed by atoms with Crippen LogP contribution in [0.1, 0.15) is 16.1 Å². The Kier molecular flexibility index (Phi) is 5.18. The number of amides is 1. The zero-order valence-electron chi connectivity index (χ0n) is 14.2. The third-order valence-electron chi connectivity index (χ3n) is 4.00. The topological polar surface area (TPSA) is 55.1 Å². The van der Waals surface area contributed by atoms with Gasteiger partial charge in [0, 0.05) is 23.1 Å². The Bertz CT molecular complexity index is 1070. The van der Waals surface area contributed by atoms with Gasteiger partial charge in [0.2, 0.25) is 0 Å². The lowest BCUT2D eigenvalue weighted by molar-refractivity contribution is 0.0922. The fraction of sp³-hybridized carbons (Fsp3) is 0.0476. The number of hydrogen-bond acceptors (Lipinski definition) is 4. The molecule has 6 heteroatoms. The zero-order valence-corrected chi connectivity index (χ0v) is 16.6. The van der Waals surface area contributed by atoms with Crippen molar-refractivity contribution >= 4 is 33.2 Å². The molecule has 4 aromatic rings. The number of nitrogens with one attached hydrogen (secondary N) is 1. The van der Waals surface area contributed by atoms with Gasteiger partial charge in [0.25, 0.3) is 5.91 Å². The van der Waals surface area contributed by atoms with Crippen LogP contribution in [0.25, 0.3) is 21.8 Å². The minimum atomic E-state index is -0.244. The van der Waals surface area contributed by atoms with Gasteiger partial charge in [-0.1, -0.05) is 48.5 Å². The van der Waals surface area contributed by atoms with E-state index in [4.69, 9.17) is 9.40 Å². The summed E-state index contributed by atoms with van der Waals surface area (Å²) in [5.74, 6) is 0.0390. The average Bonchev–Trinajstić information content (AvgIpc) is 3.36. The molecule has 2 aromatic carbocycles. The first-order valence-corrected chi connectivity index (χ1v) is 10.00. The molecule has 2 aromatic heterocycles. The van der Waals surface area contributed by atoms with E-state index in [2.05, 4.69) is 38.8 Å². The Morgan fingerprint density at radius 1 is 1.04 bits per heavy atom. The monoisotopic (exact) mass is 438 g/mol. The molecule has 0 spiro atoms. The second-order valence-electron chi connectivity index (χ2n) is 5.89. The second kappa shape index (κ2) is 7.90. The molecule has 0 saturated carbocycles. The summed E-state index contributed by atoms with van der Waals surface area (Å²) in [4.78, 5) is 16.9. The van der Waals surface area contributed by atoms with Gasteiger partial charge in [-0.3, -0.25) is 4.79 Å². The molecule has 0 aliphatic carbocycles. The Morgan fingerprint density at radius 3 is 2.63 bits per heavy atom. The van der Waals surface area contributed by atoms with Crippen LogP contribution in [0.5, 0.6) is 0 Å². The highest BCUT2D eigenvalue weighted by Crippen LogP contribution is 2.29. The van der Waals surface area contributed by atoms with Gasteiger partial charge >= 0.3 is 0 Å². The third-order valence-corrected chi connectivity index (χ3v) is 5.32. The van der Waals surface area contributed by atoms with Crippen LogP contribution in [0.4, 0.5) is 0 Å². The van der Waals surface area contributed by atoms with E-state index in [0.717, 1.165) is 27.4 Å². The van der Waals surface area contributed by atoms with Crippen molar-refractivity contribution in [2.45, 2.75) is 6.54 Å². The van der Waals surface area contributed by atoms with Gasteiger partial charge < -0.3 is 9.73 Å². The van der Waals surface area contributed by atoms with Crippen molar-refractivity contribution in [3.05, 3.63) is 88.1 Å². The molecule has 0 saturated heterocycles. The quantitative estimate of drug-likeness (QED) is 0.430. The van der Waals surface area contributed by atoms with E-state index in [-0.39, 0.29) is 11.7 Å². The highest BCUT2D eigenvalue weighted by atomic mass is 79.9. The molecule has 2 heterocycles. The van der Waals surface area contributed by atoms with E-state index in [0.29, 0.717) is 11.2 Å². The highest BCUT2D eigenvalue weighted by Gasteiger charge is 2.11. The fourth-order valence-electron chi connectivity index (χ4n) is 2.67. The highest BCUT2D eigenvalue weighted by molar-refractivity contribution is 9.10. The van der Waals surface area contributed by atoms with E-state index >= 15 is 0 Å². The Labute approximate surface area is 169 Å². The number of carbonyl (C=O) groups excluding carboxylic acids is 1. The Balaban J connectivity index is 1.48. The first-order chi connectivity index (χ1) is 13.2. The van der Waals surface area contributed by atoms with Crippen LogP contribution in [-0.4, -0.2) is 10.9 Å². The number of carbonyl (C=O) groups is 1. The molecule has 0 fully saturated rings. The first kappa shape index (κ1) is 17.7. The van der Waals surface area contributed by atoms with Gasteiger partial charge in [-0.2, -0.15) is 0 Å². The van der Waals surface area contributed by atoms with Crippen molar-refractivity contribution < 1.29 is 9.21 Å². The fourth-order valence-corrected chi connectivity index (χ4v) is 3.80. The molecular weight excluding hydrogens is 424 g/mol. The summed E-state index contributed by atoms with van der Waals surface area (Å²) in [5, 5.41) is 5.89. The average molecular weight is 439 g/mol. The summed E-state index contributed by atoms with van der Waals surface area (Å²) in [6.45, 7) is 0.419. The van der Waals surface area contributed by atoms with Crippen LogP contribution in [0, 0.1) is 0 Å². The predicted molar refractivity (Wildman–Crippen MR) is 111 cm³/mol. The smallest absolute Gasteiger partial charge is 0.287 e. The number of nitrogens with zero attached hydrogens (tertiary/aromatic N) is 1. The SMILES string of the molecule is O=C(NCc1cccc(-c2nc(-c3ccccc3)cs2)c1)c1ccc(Br)o1. The number of aromatic nitrogens is 1. The molecule has 4 rings (SSSR count). The maximum atomic E-state index is 12.1. The lowest BCUT2D eigenvalue weighted by Crippen LogP contribution is -2.22. The number of thiazole rings is 1. The van der Waals surface area contributed by atoms with Gasteiger partial charge in [-0.15, -0.1) is 11.3 Å². The van der Waals surface area contributed by atoms with Gasteiger partial charge in [-0.05, 0) is 39.7 Å². The zero-order chi connectivity index (χ0) is 18.6. The molecule has 0 radical (unpaired) electrons. The number of halogens is 1. The normalized spacial score (nSPS) is 10.7. The van der Waals surface area contributed by atoms with Crippen LogP contribution < -0.4 is 5.32 Å². The van der Waals surface area contributed by atoms with Crippen molar-refractivity contribution in [1.82, 2.24) is 10.3 Å². The molecule has 4 nitrogen and oxygen atoms in total. The molecule has 1 amide bonds. The van der Waals surface area contributed by atoms with Crippen molar-refractivity contribution in [2.24, 2.45) is 0 Å². The van der Waals surface area contributed by atoms with Gasteiger partial charge in [0.05, 0.1) is 5.69 Å². The number of hydrogen-bond donors (Lipinski definition) is 1. The summed E-state index contributed by atoms with van der Waals surface area (Å²) >= 11 is 4.81. The van der Waals surface area contributed by atoms with Crippen LogP contribution >= 0.6 is 27.3 Å². The van der Waals surface area contributed by atoms with Gasteiger partial charge in [0.1, 0.15) is 5.01 Å². The predicted octanol–water partition coefficient (Wildman–Crippen LogP) is 5.76. The largest absolute Gasteiger partial charge is 0.444 e. The lowest BCUT2D eigenvalue weighted by atomic mass is 10.1. The van der Waals surface area contributed by atoms with Crippen LogP contribution in [0.15, 0.2) is 81.2 Å². The maximum Gasteiger partial charge on any atom is 0.287 e. The molecule has 134 valence electrons. The van der Waals surface area contributed by atoms with E-state index in [9.17, 15) is 4.79 Å². The van der Waals surface area contributed by atoms with Crippen LogP contribution in [0.3, 0.4) is 0 Å². The molecule has 0 unspecified atom stereocenters. The molecule has 0 bridgehead atoms. The summed E-state index contributed by atoms with van der Waals surface area (Å²) in [6.07, 6.45) is 0. The van der Waals surface area contributed by atoms with Crippen LogP contribution in [0.2, 0.25) is 0 Å². The summed E-state index contributed by atoms with van der Waals surface area (Å²) in [6, 6.07) is 21.5. The van der Waals surface area contributed by atoms with Crippen molar-refractivity contribution in [2.75, 3.05) is 0 Å². The van der Waals surface area contributed by atoms with Crippen LogP contribution in [-0.2, 0) is 6.54 Å². The molecule has 1 N–H and O–H groups in total. The van der Waals surface area contributed by atoms with E-state index in [1.807, 2.05) is 42.5 Å². The summed E-state index contributed by atoms with van der Waals surface area (Å²) in [7, 11) is 0. The minimum Gasteiger partial charge on any atom is -0.444 e. The molecular formula is C21H15BrN2O2S. The van der Waals surface area contributed by atoms with Crippen molar-refractivity contribution in [3.63, 3.8) is 0 Å². The van der Waals surface area contributed by atoms with E-state index in [1.54, 1.807) is 23.5 Å². The molecule has 0 aliphatic heterocycles. The number of benzene rings is 2. The second-order valence-corrected chi connectivity index (χ2v) is 7.53. The first-order valence-electron chi connectivity index (χ1n) is 8.33. The van der Waals surface area contributed by atoms with Crippen molar-refractivity contribution in [1.29, 1.82) is 0 Å². The summed E-state index contributed by atoms with van der Waals surface area (Å²) < 4.78 is 5.80. The standard InChI is InChI=1S/C21H15BrN2O2S/c22-19-10-9-18(26-19)20(25)23-12-14-5-4-8-16(11-14)21-24-17(13-27-21)15-6-2-1-3-7-15/h1-11,13H,12H2,(H,23,25). The maximum absolute atomic E-state index is 12.1. The number of furan rings is 1. The third kappa shape index (κ3) is 4.18. The van der Waals surface area contributed by atoms with Crippen molar-refractivity contribution in [3.8, 4) is 21.8 Å². The van der Waals surface area contributed by atoms with Gasteiger partial charge in [-0.25, -0.2) is 4.98 Å².